The summed E-state index contributed by atoms with van der Waals surface area (Å²) in [5.74, 6) is -0.460. The molecule has 0 fully saturated rings. The third-order valence-electron chi connectivity index (χ3n) is 2.39. The van der Waals surface area contributed by atoms with E-state index in [1.54, 1.807) is 12.1 Å². The van der Waals surface area contributed by atoms with E-state index in [4.69, 9.17) is 34.8 Å². The van der Waals surface area contributed by atoms with Gasteiger partial charge in [-0.1, -0.05) is 40.9 Å². The first-order valence-corrected chi connectivity index (χ1v) is 6.37. The Kier molecular flexibility index (Phi) is 4.24. The van der Waals surface area contributed by atoms with Crippen LogP contribution < -0.4 is 5.32 Å². The highest BCUT2D eigenvalue weighted by molar-refractivity contribution is 6.40. The lowest BCUT2D eigenvalue weighted by Crippen LogP contribution is -2.15. The summed E-state index contributed by atoms with van der Waals surface area (Å²) in [5, 5.41) is 10.8. The number of aryl methyl sites for hydroxylation is 1. The lowest BCUT2D eigenvalue weighted by Gasteiger charge is -2.10. The van der Waals surface area contributed by atoms with Crippen LogP contribution in [0.1, 0.15) is 16.1 Å². The van der Waals surface area contributed by atoms with Gasteiger partial charge in [-0.3, -0.25) is 4.79 Å². The summed E-state index contributed by atoms with van der Waals surface area (Å²) in [4.78, 5) is 12.0. The monoisotopic (exact) mass is 315 g/mol. The Morgan fingerprint density at radius 3 is 2.47 bits per heavy atom. The Morgan fingerprint density at radius 2 is 1.84 bits per heavy atom. The van der Waals surface area contributed by atoms with Gasteiger partial charge < -0.3 is 5.32 Å². The average Bonchev–Trinajstić information content (AvgIpc) is 2.40. The molecule has 0 aliphatic carbocycles. The molecule has 0 bridgehead atoms. The fraction of sp³-hybridized carbons (Fsp3) is 0.0833. The zero-order chi connectivity index (χ0) is 14.0. The summed E-state index contributed by atoms with van der Waals surface area (Å²) >= 11 is 17.7. The molecule has 2 rings (SSSR count). The van der Waals surface area contributed by atoms with Gasteiger partial charge in [-0.15, -0.1) is 10.2 Å². The number of amides is 1. The minimum Gasteiger partial charge on any atom is -0.318 e. The molecule has 1 N–H and O–H groups in total. The van der Waals surface area contributed by atoms with Gasteiger partial charge in [0, 0.05) is 0 Å². The molecule has 0 radical (unpaired) electrons. The van der Waals surface area contributed by atoms with Crippen LogP contribution in [-0.2, 0) is 0 Å². The average molecular weight is 317 g/mol. The van der Waals surface area contributed by atoms with Crippen LogP contribution >= 0.6 is 34.8 Å². The first kappa shape index (κ1) is 14.1. The minimum atomic E-state index is -0.460. The van der Waals surface area contributed by atoms with Gasteiger partial charge in [-0.2, -0.15) is 0 Å². The van der Waals surface area contributed by atoms with Gasteiger partial charge in [-0.25, -0.2) is 0 Å². The minimum absolute atomic E-state index is 0.123. The topological polar surface area (TPSA) is 54.9 Å². The van der Waals surface area contributed by atoms with Gasteiger partial charge in [-0.05, 0) is 30.7 Å². The van der Waals surface area contributed by atoms with Crippen molar-refractivity contribution in [3.05, 3.63) is 50.7 Å². The molecule has 7 heteroatoms. The molecule has 1 aromatic heterocycles. The first-order valence-electron chi connectivity index (χ1n) is 5.24. The number of carbonyl (C=O) groups excluding carboxylic acids is 1. The van der Waals surface area contributed by atoms with Crippen LogP contribution in [-0.4, -0.2) is 16.1 Å². The molecule has 0 unspecified atom stereocenters. The summed E-state index contributed by atoms with van der Waals surface area (Å²) in [6.45, 7) is 1.82. The predicted octanol–water partition coefficient (Wildman–Crippen LogP) is 4.00. The molecular formula is C12H8Cl3N3O. The Bertz CT molecular complexity index is 629. The van der Waals surface area contributed by atoms with E-state index >= 15 is 0 Å². The lowest BCUT2D eigenvalue weighted by molar-refractivity contribution is 0.102. The molecule has 19 heavy (non-hydrogen) atoms. The van der Waals surface area contributed by atoms with Gasteiger partial charge in [0.05, 0.1) is 15.7 Å². The second-order valence-electron chi connectivity index (χ2n) is 3.75. The quantitative estimate of drug-likeness (QED) is 0.911. The van der Waals surface area contributed by atoms with E-state index in [0.29, 0.717) is 15.7 Å². The van der Waals surface area contributed by atoms with E-state index in [-0.39, 0.29) is 10.8 Å². The van der Waals surface area contributed by atoms with Crippen molar-refractivity contribution in [1.29, 1.82) is 0 Å². The first-order chi connectivity index (χ1) is 8.99. The molecule has 0 aliphatic heterocycles. The number of aromatic nitrogens is 2. The van der Waals surface area contributed by atoms with Crippen molar-refractivity contribution in [3.63, 3.8) is 0 Å². The zero-order valence-electron chi connectivity index (χ0n) is 9.75. The molecule has 4 nitrogen and oxygen atoms in total. The van der Waals surface area contributed by atoms with E-state index in [1.807, 2.05) is 6.92 Å². The normalized spacial score (nSPS) is 10.3. The van der Waals surface area contributed by atoms with Gasteiger partial charge >= 0.3 is 0 Å². The number of carbonyl (C=O) groups is 1. The maximum absolute atomic E-state index is 12.0. The van der Waals surface area contributed by atoms with Crippen LogP contribution in [0.5, 0.6) is 0 Å². The number of nitrogens with zero attached hydrogens (tertiary/aromatic N) is 2. The maximum atomic E-state index is 12.0. The van der Waals surface area contributed by atoms with Crippen molar-refractivity contribution in [2.24, 2.45) is 0 Å². The van der Waals surface area contributed by atoms with Crippen LogP contribution in [0.4, 0.5) is 5.69 Å². The molecular weight excluding hydrogens is 309 g/mol. The highest BCUT2D eigenvalue weighted by atomic mass is 35.5. The van der Waals surface area contributed by atoms with E-state index in [2.05, 4.69) is 15.5 Å². The van der Waals surface area contributed by atoms with Crippen LogP contribution in [0.3, 0.4) is 0 Å². The molecule has 1 amide bonds. The number of rotatable bonds is 2. The standard InChI is InChI=1S/C12H8Cl3N3O/c1-6-2-3-7(13)11(10(6)15)16-12(19)8-4-5-9(14)18-17-8/h2-5H,1H3,(H,16,19). The van der Waals surface area contributed by atoms with Crippen LogP contribution in [0.2, 0.25) is 15.2 Å². The number of halogens is 3. The van der Waals surface area contributed by atoms with Crippen molar-refractivity contribution in [2.75, 3.05) is 5.32 Å². The highest BCUT2D eigenvalue weighted by Gasteiger charge is 2.14. The summed E-state index contributed by atoms with van der Waals surface area (Å²) in [7, 11) is 0. The summed E-state index contributed by atoms with van der Waals surface area (Å²) in [6.07, 6.45) is 0. The number of anilines is 1. The number of benzene rings is 1. The van der Waals surface area contributed by atoms with Crippen molar-refractivity contribution in [1.82, 2.24) is 10.2 Å². The Morgan fingerprint density at radius 1 is 1.11 bits per heavy atom. The Hall–Kier alpha value is -1.36. The van der Waals surface area contributed by atoms with E-state index in [1.165, 1.54) is 12.1 Å². The van der Waals surface area contributed by atoms with E-state index in [9.17, 15) is 4.79 Å². The molecule has 0 aliphatic rings. The molecule has 1 heterocycles. The van der Waals surface area contributed by atoms with E-state index in [0.717, 1.165) is 5.56 Å². The summed E-state index contributed by atoms with van der Waals surface area (Å²) in [5.41, 5.74) is 1.28. The molecule has 98 valence electrons. The second kappa shape index (κ2) is 5.74. The Balaban J connectivity index is 2.29. The number of nitrogens with one attached hydrogen (secondary N) is 1. The van der Waals surface area contributed by atoms with Crippen LogP contribution in [0, 0.1) is 6.92 Å². The molecule has 0 spiro atoms. The molecule has 0 atom stereocenters. The van der Waals surface area contributed by atoms with Crippen molar-refractivity contribution >= 4 is 46.4 Å². The smallest absolute Gasteiger partial charge is 0.276 e. The Labute approximate surface area is 124 Å². The second-order valence-corrected chi connectivity index (χ2v) is 4.92. The van der Waals surface area contributed by atoms with Crippen molar-refractivity contribution in [2.45, 2.75) is 6.92 Å². The largest absolute Gasteiger partial charge is 0.318 e. The van der Waals surface area contributed by atoms with Gasteiger partial charge in [0.25, 0.3) is 5.91 Å². The fourth-order valence-electron chi connectivity index (χ4n) is 1.39. The SMILES string of the molecule is Cc1ccc(Cl)c(NC(=O)c2ccc(Cl)nn2)c1Cl. The van der Waals surface area contributed by atoms with Crippen LogP contribution in [0.25, 0.3) is 0 Å². The molecule has 1 aromatic carbocycles. The fourth-order valence-corrected chi connectivity index (χ4v) is 1.95. The number of hydrogen-bond acceptors (Lipinski definition) is 3. The maximum Gasteiger partial charge on any atom is 0.276 e. The van der Waals surface area contributed by atoms with Crippen molar-refractivity contribution in [3.8, 4) is 0 Å². The number of hydrogen-bond donors (Lipinski definition) is 1. The van der Waals surface area contributed by atoms with Gasteiger partial charge in [0.2, 0.25) is 0 Å². The molecule has 2 aromatic rings. The zero-order valence-corrected chi connectivity index (χ0v) is 12.0. The third-order valence-corrected chi connectivity index (χ3v) is 3.39. The lowest BCUT2D eigenvalue weighted by atomic mass is 10.2. The third kappa shape index (κ3) is 3.15. The highest BCUT2D eigenvalue weighted by Crippen LogP contribution is 2.33. The summed E-state index contributed by atoms with van der Waals surface area (Å²) in [6, 6.07) is 6.36. The molecule has 0 saturated carbocycles. The van der Waals surface area contributed by atoms with Gasteiger partial charge in [0.15, 0.2) is 10.8 Å². The van der Waals surface area contributed by atoms with Gasteiger partial charge in [0.1, 0.15) is 0 Å². The van der Waals surface area contributed by atoms with Crippen molar-refractivity contribution < 1.29 is 4.79 Å². The molecule has 0 saturated heterocycles. The van der Waals surface area contributed by atoms with Crippen LogP contribution in [0.15, 0.2) is 24.3 Å². The predicted molar refractivity (Wildman–Crippen MR) is 76.2 cm³/mol. The van der Waals surface area contributed by atoms with E-state index < -0.39 is 5.91 Å². The summed E-state index contributed by atoms with van der Waals surface area (Å²) < 4.78 is 0.